The first kappa shape index (κ1) is 21.2. The summed E-state index contributed by atoms with van der Waals surface area (Å²) in [7, 11) is -3.00. The van der Waals surface area contributed by atoms with E-state index >= 15 is 0 Å². The summed E-state index contributed by atoms with van der Waals surface area (Å²) >= 11 is 0. The Labute approximate surface area is 158 Å². The average Bonchev–Trinajstić information content (AvgIpc) is 2.56. The standard InChI is InChI=1S/C21H34FNO2S/c1-21(2,3)26(24,25)16-18-9-7-17(8-10-18)6-4-5-15-23-20-13-11-19(22)12-14-20/h11-14,17-18,23H,4-10,15-16H2,1-3H3. The second kappa shape index (κ2) is 9.20. The molecule has 0 atom stereocenters. The van der Waals surface area contributed by atoms with Crippen LogP contribution in [-0.4, -0.2) is 25.5 Å². The number of benzene rings is 1. The molecule has 0 unspecified atom stereocenters. The third kappa shape index (κ3) is 6.57. The molecular formula is C21H34FNO2S. The van der Waals surface area contributed by atoms with E-state index < -0.39 is 14.6 Å². The summed E-state index contributed by atoms with van der Waals surface area (Å²) in [5.74, 6) is 1.23. The molecule has 1 aromatic rings. The van der Waals surface area contributed by atoms with Gasteiger partial charge in [-0.15, -0.1) is 0 Å². The fourth-order valence-electron chi connectivity index (χ4n) is 3.61. The number of nitrogens with one attached hydrogen (secondary N) is 1. The molecule has 0 bridgehead atoms. The molecule has 0 heterocycles. The summed E-state index contributed by atoms with van der Waals surface area (Å²) in [6, 6.07) is 6.48. The van der Waals surface area contributed by atoms with Gasteiger partial charge in [0.1, 0.15) is 5.82 Å². The molecular weight excluding hydrogens is 349 g/mol. The molecule has 5 heteroatoms. The van der Waals surface area contributed by atoms with Gasteiger partial charge in [-0.2, -0.15) is 0 Å². The zero-order valence-corrected chi connectivity index (χ0v) is 17.2. The number of halogens is 1. The van der Waals surface area contributed by atoms with Gasteiger partial charge in [-0.1, -0.05) is 25.7 Å². The van der Waals surface area contributed by atoms with Crippen LogP contribution in [0.25, 0.3) is 0 Å². The van der Waals surface area contributed by atoms with E-state index in [9.17, 15) is 12.8 Å². The third-order valence-corrected chi connectivity index (χ3v) is 8.34. The van der Waals surface area contributed by atoms with E-state index in [1.807, 2.05) is 0 Å². The van der Waals surface area contributed by atoms with Gasteiger partial charge >= 0.3 is 0 Å². The molecule has 1 aromatic carbocycles. The molecule has 0 saturated heterocycles. The number of hydrogen-bond acceptors (Lipinski definition) is 3. The Balaban J connectivity index is 1.60. The van der Waals surface area contributed by atoms with Crippen LogP contribution in [0.1, 0.15) is 65.7 Å². The van der Waals surface area contributed by atoms with Crippen molar-refractivity contribution >= 4 is 15.5 Å². The maximum absolute atomic E-state index is 12.9. The summed E-state index contributed by atoms with van der Waals surface area (Å²) in [5, 5.41) is 3.32. The van der Waals surface area contributed by atoms with Crippen molar-refractivity contribution in [1.82, 2.24) is 0 Å². The van der Waals surface area contributed by atoms with Gasteiger partial charge in [-0.25, -0.2) is 12.8 Å². The van der Waals surface area contributed by atoms with Crippen LogP contribution in [0, 0.1) is 17.7 Å². The van der Waals surface area contributed by atoms with Gasteiger partial charge in [0.2, 0.25) is 0 Å². The molecule has 2 rings (SSSR count). The molecule has 0 aliphatic heterocycles. The maximum Gasteiger partial charge on any atom is 0.155 e. The van der Waals surface area contributed by atoms with Crippen LogP contribution >= 0.6 is 0 Å². The van der Waals surface area contributed by atoms with Crippen molar-refractivity contribution in [2.75, 3.05) is 17.6 Å². The molecule has 1 saturated carbocycles. The van der Waals surface area contributed by atoms with Crippen molar-refractivity contribution in [3.05, 3.63) is 30.1 Å². The lowest BCUT2D eigenvalue weighted by Crippen LogP contribution is -2.34. The molecule has 1 fully saturated rings. The highest BCUT2D eigenvalue weighted by atomic mass is 32.2. The van der Waals surface area contributed by atoms with E-state index in [1.54, 1.807) is 32.9 Å². The van der Waals surface area contributed by atoms with Crippen LogP contribution in [0.4, 0.5) is 10.1 Å². The largest absolute Gasteiger partial charge is 0.385 e. The summed E-state index contributed by atoms with van der Waals surface area (Å²) in [6.45, 7) is 6.31. The number of sulfone groups is 1. The minimum atomic E-state index is -3.00. The lowest BCUT2D eigenvalue weighted by atomic mass is 9.80. The van der Waals surface area contributed by atoms with Crippen molar-refractivity contribution < 1.29 is 12.8 Å². The third-order valence-electron chi connectivity index (χ3n) is 5.57. The van der Waals surface area contributed by atoms with Crippen molar-refractivity contribution in [3.8, 4) is 0 Å². The van der Waals surface area contributed by atoms with Gasteiger partial charge in [-0.3, -0.25) is 0 Å². The van der Waals surface area contributed by atoms with Crippen LogP contribution in [0.2, 0.25) is 0 Å². The Hall–Kier alpha value is -1.10. The van der Waals surface area contributed by atoms with Gasteiger partial charge in [-0.05, 0) is 76.1 Å². The SMILES string of the molecule is CC(C)(C)S(=O)(=O)CC1CCC(CCCCNc2ccc(F)cc2)CC1. The zero-order chi connectivity index (χ0) is 19.2. The molecule has 0 spiro atoms. The maximum atomic E-state index is 12.9. The van der Waals surface area contributed by atoms with Gasteiger partial charge in [0, 0.05) is 12.2 Å². The lowest BCUT2D eigenvalue weighted by Gasteiger charge is -2.30. The van der Waals surface area contributed by atoms with E-state index in [0.717, 1.165) is 50.3 Å². The first-order valence-corrected chi connectivity index (χ1v) is 11.5. The minimum absolute atomic E-state index is 0.207. The Bertz CT molecular complexity index is 642. The Morgan fingerprint density at radius 3 is 2.15 bits per heavy atom. The first-order valence-electron chi connectivity index (χ1n) is 9.89. The van der Waals surface area contributed by atoms with E-state index in [0.29, 0.717) is 11.7 Å². The molecule has 1 aliphatic rings. The molecule has 1 N–H and O–H groups in total. The molecule has 1 aliphatic carbocycles. The average molecular weight is 384 g/mol. The molecule has 26 heavy (non-hydrogen) atoms. The monoisotopic (exact) mass is 383 g/mol. The van der Waals surface area contributed by atoms with Gasteiger partial charge in [0.05, 0.1) is 10.5 Å². The molecule has 0 aromatic heterocycles. The van der Waals surface area contributed by atoms with E-state index in [2.05, 4.69) is 5.32 Å². The zero-order valence-electron chi connectivity index (χ0n) is 16.4. The normalized spacial score (nSPS) is 21.5. The van der Waals surface area contributed by atoms with Gasteiger partial charge in [0.15, 0.2) is 9.84 Å². The second-order valence-electron chi connectivity index (χ2n) is 8.71. The summed E-state index contributed by atoms with van der Waals surface area (Å²) < 4.78 is 36.9. The Morgan fingerprint density at radius 2 is 1.58 bits per heavy atom. The van der Waals surface area contributed by atoms with Crippen molar-refractivity contribution in [2.24, 2.45) is 11.8 Å². The molecule has 0 radical (unpaired) electrons. The first-order chi connectivity index (χ1) is 12.2. The smallest absolute Gasteiger partial charge is 0.155 e. The molecule has 148 valence electrons. The minimum Gasteiger partial charge on any atom is -0.385 e. The van der Waals surface area contributed by atoms with E-state index in [-0.39, 0.29) is 5.82 Å². The number of unbranched alkanes of at least 4 members (excludes halogenated alkanes) is 1. The fourth-order valence-corrected chi connectivity index (χ4v) is 5.06. The van der Waals surface area contributed by atoms with Crippen molar-refractivity contribution in [3.63, 3.8) is 0 Å². The highest BCUT2D eigenvalue weighted by Crippen LogP contribution is 2.34. The highest BCUT2D eigenvalue weighted by molar-refractivity contribution is 7.92. The predicted octanol–water partition coefficient (Wildman–Crippen LogP) is 5.43. The molecule has 3 nitrogen and oxygen atoms in total. The summed E-state index contributed by atoms with van der Waals surface area (Å²) in [4.78, 5) is 0. The van der Waals surface area contributed by atoms with Gasteiger partial charge in [0.25, 0.3) is 0 Å². The highest BCUT2D eigenvalue weighted by Gasteiger charge is 2.33. The van der Waals surface area contributed by atoms with Crippen molar-refractivity contribution in [1.29, 1.82) is 0 Å². The van der Waals surface area contributed by atoms with Gasteiger partial charge < -0.3 is 5.32 Å². The van der Waals surface area contributed by atoms with Crippen LogP contribution in [-0.2, 0) is 9.84 Å². The number of anilines is 1. The Kier molecular flexibility index (Phi) is 7.51. The van der Waals surface area contributed by atoms with E-state index in [4.69, 9.17) is 0 Å². The Morgan fingerprint density at radius 1 is 1.00 bits per heavy atom. The molecule has 0 amide bonds. The van der Waals surface area contributed by atoms with Crippen LogP contribution in [0.5, 0.6) is 0 Å². The quantitative estimate of drug-likeness (QED) is 0.609. The number of rotatable bonds is 8. The van der Waals surface area contributed by atoms with Crippen LogP contribution in [0.15, 0.2) is 24.3 Å². The second-order valence-corrected chi connectivity index (χ2v) is 11.5. The lowest BCUT2D eigenvalue weighted by molar-refractivity contribution is 0.273. The fraction of sp³-hybridized carbons (Fsp3) is 0.714. The van der Waals surface area contributed by atoms with Crippen molar-refractivity contribution in [2.45, 2.75) is 70.5 Å². The van der Waals surface area contributed by atoms with Crippen LogP contribution in [0.3, 0.4) is 0 Å². The summed E-state index contributed by atoms with van der Waals surface area (Å²) in [5.41, 5.74) is 0.965. The van der Waals surface area contributed by atoms with E-state index in [1.165, 1.54) is 25.0 Å². The number of hydrogen-bond donors (Lipinski definition) is 1. The predicted molar refractivity (Wildman–Crippen MR) is 108 cm³/mol. The summed E-state index contributed by atoms with van der Waals surface area (Å²) in [6.07, 6.45) is 7.94. The van der Waals surface area contributed by atoms with Crippen LogP contribution < -0.4 is 5.32 Å². The topological polar surface area (TPSA) is 46.2 Å².